The molecule has 4 amide bonds. The van der Waals surface area contributed by atoms with E-state index >= 15 is 0 Å². The molecule has 0 atom stereocenters. The second-order valence-corrected chi connectivity index (χ2v) is 7.90. The van der Waals surface area contributed by atoms with Crippen LogP contribution >= 0.6 is 22.6 Å². The minimum atomic E-state index is -0.471. The molecule has 2 aromatic rings. The Morgan fingerprint density at radius 3 is 2.34 bits per heavy atom. The molecule has 0 saturated heterocycles. The largest absolute Gasteiger partial charge is 0.496 e. The number of benzene rings is 2. The van der Waals surface area contributed by atoms with E-state index in [-0.39, 0.29) is 5.91 Å². The maximum absolute atomic E-state index is 12.5. The molecule has 9 nitrogen and oxygen atoms in total. The number of ether oxygens (including phenoxy) is 1. The van der Waals surface area contributed by atoms with Crippen LogP contribution in [0.1, 0.15) is 24.2 Å². The Hall–Kier alpha value is -2.86. The molecule has 2 rings (SSSR count). The summed E-state index contributed by atoms with van der Waals surface area (Å²) in [6.07, 6.45) is 0.578. The van der Waals surface area contributed by atoms with E-state index in [1.54, 1.807) is 36.4 Å². The summed E-state index contributed by atoms with van der Waals surface area (Å²) in [4.78, 5) is 37.8. The van der Waals surface area contributed by atoms with E-state index in [2.05, 4.69) is 62.6 Å². The highest BCUT2D eigenvalue weighted by molar-refractivity contribution is 14.1. The van der Waals surface area contributed by atoms with Gasteiger partial charge in [-0.2, -0.15) is 0 Å². The minimum Gasteiger partial charge on any atom is -0.496 e. The molecule has 172 valence electrons. The maximum atomic E-state index is 12.5. The first-order chi connectivity index (χ1) is 15.4. The second-order valence-electron chi connectivity index (χ2n) is 6.73. The highest BCUT2D eigenvalue weighted by Gasteiger charge is 2.14. The Balaban J connectivity index is 2.01. The van der Waals surface area contributed by atoms with Gasteiger partial charge >= 0.3 is 6.03 Å². The number of carbonyl (C=O) groups excluding carboxylic acids is 3. The van der Waals surface area contributed by atoms with Crippen LogP contribution in [0.2, 0.25) is 0 Å². The zero-order chi connectivity index (χ0) is 23.5. The van der Waals surface area contributed by atoms with Gasteiger partial charge in [-0.3, -0.25) is 9.59 Å². The van der Waals surface area contributed by atoms with Gasteiger partial charge in [0, 0.05) is 34.1 Å². The third-order valence-electron chi connectivity index (χ3n) is 4.75. The molecule has 0 aliphatic heterocycles. The molecular formula is C22H28IN5O4. The summed E-state index contributed by atoms with van der Waals surface area (Å²) in [6.45, 7) is 7.31. The lowest BCUT2D eigenvalue weighted by molar-refractivity contribution is -0.105. The third-order valence-corrected chi connectivity index (χ3v) is 5.69. The van der Waals surface area contributed by atoms with Crippen molar-refractivity contribution in [2.75, 3.05) is 49.2 Å². The van der Waals surface area contributed by atoms with Gasteiger partial charge in [-0.1, -0.05) is 13.8 Å². The van der Waals surface area contributed by atoms with E-state index in [9.17, 15) is 14.4 Å². The minimum absolute atomic E-state index is 0.237. The monoisotopic (exact) mass is 553 g/mol. The average molecular weight is 553 g/mol. The number of halogens is 1. The van der Waals surface area contributed by atoms with E-state index in [4.69, 9.17) is 4.74 Å². The van der Waals surface area contributed by atoms with Crippen LogP contribution in [0.25, 0.3) is 0 Å². The predicted molar refractivity (Wildman–Crippen MR) is 135 cm³/mol. The van der Waals surface area contributed by atoms with Gasteiger partial charge in [0.15, 0.2) is 0 Å². The van der Waals surface area contributed by atoms with Crippen molar-refractivity contribution in [3.05, 3.63) is 45.5 Å². The number of likely N-dealkylation sites (N-methyl/N-ethyl adjacent to an activating group) is 1. The fourth-order valence-electron chi connectivity index (χ4n) is 2.99. The van der Waals surface area contributed by atoms with Gasteiger partial charge in [-0.15, -0.1) is 0 Å². The summed E-state index contributed by atoms with van der Waals surface area (Å²) in [5, 5.41) is 10.9. The first-order valence-electron chi connectivity index (χ1n) is 10.2. The number of nitrogens with one attached hydrogen (secondary N) is 4. The molecule has 0 unspecified atom stereocenters. The van der Waals surface area contributed by atoms with Crippen molar-refractivity contribution in [1.29, 1.82) is 0 Å². The number of amides is 4. The lowest BCUT2D eigenvalue weighted by Crippen LogP contribution is -2.34. The van der Waals surface area contributed by atoms with Gasteiger partial charge in [0.05, 0.1) is 18.4 Å². The number of nitrogens with zero attached hydrogens (tertiary/aromatic N) is 1. The Morgan fingerprint density at radius 2 is 1.72 bits per heavy atom. The smallest absolute Gasteiger partial charge is 0.323 e. The van der Waals surface area contributed by atoms with Crippen molar-refractivity contribution in [3.8, 4) is 5.75 Å². The molecule has 0 bridgehead atoms. The number of urea groups is 1. The molecule has 0 aromatic heterocycles. The van der Waals surface area contributed by atoms with Crippen molar-refractivity contribution in [2.45, 2.75) is 13.8 Å². The van der Waals surface area contributed by atoms with Crippen molar-refractivity contribution in [1.82, 2.24) is 10.2 Å². The normalized spacial score (nSPS) is 10.4. The van der Waals surface area contributed by atoms with E-state index in [0.29, 0.717) is 41.3 Å². The van der Waals surface area contributed by atoms with Crippen molar-refractivity contribution in [2.24, 2.45) is 0 Å². The van der Waals surface area contributed by atoms with E-state index in [1.807, 2.05) is 0 Å². The Kier molecular flexibility index (Phi) is 10.2. The van der Waals surface area contributed by atoms with Crippen LogP contribution in [0.5, 0.6) is 5.75 Å². The summed E-state index contributed by atoms with van der Waals surface area (Å²) in [5.41, 5.74) is 1.97. The van der Waals surface area contributed by atoms with Gasteiger partial charge in [0.1, 0.15) is 5.75 Å². The number of hydrogen-bond donors (Lipinski definition) is 4. The fourth-order valence-corrected chi connectivity index (χ4v) is 3.48. The van der Waals surface area contributed by atoms with Crippen LogP contribution in [-0.4, -0.2) is 56.5 Å². The van der Waals surface area contributed by atoms with Crippen LogP contribution in [0.15, 0.2) is 36.4 Å². The van der Waals surface area contributed by atoms with Crippen molar-refractivity contribution >= 4 is 58.0 Å². The number of hydrogen-bond acceptors (Lipinski definition) is 5. The summed E-state index contributed by atoms with van der Waals surface area (Å²) < 4.78 is 6.19. The Labute approximate surface area is 201 Å². The lowest BCUT2D eigenvalue weighted by Gasteiger charge is -2.18. The first kappa shape index (κ1) is 25.4. The molecule has 0 heterocycles. The van der Waals surface area contributed by atoms with Crippen LogP contribution in [0.4, 0.5) is 21.9 Å². The number of methoxy groups -OCH3 is 1. The molecule has 0 spiro atoms. The van der Waals surface area contributed by atoms with E-state index < -0.39 is 6.03 Å². The zero-order valence-corrected chi connectivity index (χ0v) is 20.5. The van der Waals surface area contributed by atoms with Gasteiger partial charge in [-0.05, 0) is 66.0 Å². The van der Waals surface area contributed by atoms with E-state index in [1.165, 1.54) is 7.11 Å². The molecule has 2 aromatic carbocycles. The quantitative estimate of drug-likeness (QED) is 0.251. The summed E-state index contributed by atoms with van der Waals surface area (Å²) >= 11 is 2.09. The Morgan fingerprint density at radius 1 is 1.06 bits per heavy atom. The maximum Gasteiger partial charge on any atom is 0.323 e. The van der Waals surface area contributed by atoms with Gasteiger partial charge in [0.2, 0.25) is 6.41 Å². The molecule has 0 saturated carbocycles. The van der Waals surface area contributed by atoms with Gasteiger partial charge in [0.25, 0.3) is 5.91 Å². The molecular weight excluding hydrogens is 525 g/mol. The topological polar surface area (TPSA) is 112 Å². The molecule has 4 N–H and O–H groups in total. The van der Waals surface area contributed by atoms with Crippen LogP contribution < -0.4 is 26.0 Å². The summed E-state index contributed by atoms with van der Waals surface area (Å²) in [5.74, 6) is 0.119. The molecule has 0 fully saturated rings. The van der Waals surface area contributed by atoms with E-state index in [0.717, 1.165) is 23.2 Å². The molecule has 32 heavy (non-hydrogen) atoms. The van der Waals surface area contributed by atoms with Gasteiger partial charge in [-0.25, -0.2) is 4.79 Å². The van der Waals surface area contributed by atoms with Crippen LogP contribution in [0.3, 0.4) is 0 Å². The number of rotatable bonds is 11. The second kappa shape index (κ2) is 12.9. The number of carbonyl (C=O) groups is 3. The average Bonchev–Trinajstić information content (AvgIpc) is 2.78. The lowest BCUT2D eigenvalue weighted by atomic mass is 10.1. The fraction of sp³-hybridized carbons (Fsp3) is 0.318. The van der Waals surface area contributed by atoms with Crippen molar-refractivity contribution < 1.29 is 19.1 Å². The molecule has 0 aliphatic rings. The van der Waals surface area contributed by atoms with Gasteiger partial charge < -0.3 is 30.9 Å². The summed E-state index contributed by atoms with van der Waals surface area (Å²) in [7, 11) is 1.47. The molecule has 0 radical (unpaired) electrons. The zero-order valence-electron chi connectivity index (χ0n) is 18.3. The Bertz CT molecular complexity index is 950. The summed E-state index contributed by atoms with van der Waals surface area (Å²) in [6, 6.07) is 9.52. The molecule has 0 aliphatic carbocycles. The predicted octanol–water partition coefficient (Wildman–Crippen LogP) is 3.58. The van der Waals surface area contributed by atoms with Crippen LogP contribution in [-0.2, 0) is 4.79 Å². The third kappa shape index (κ3) is 7.38. The first-order valence-corrected chi connectivity index (χ1v) is 11.3. The number of anilines is 3. The SMILES string of the molecule is CCN(CC)CCNC(=O)c1ccc(NC(=O)Nc2ccc(I)c(NC=O)c2)cc1OC. The highest BCUT2D eigenvalue weighted by atomic mass is 127. The van der Waals surface area contributed by atoms with Crippen LogP contribution in [0, 0.1) is 3.57 Å². The molecule has 10 heteroatoms. The standard InChI is InChI=1S/C22H28IN5O4/c1-4-28(5-2)11-10-24-21(30)17-8-6-16(13-20(17)32-3)27-22(31)26-15-7-9-18(23)19(12-15)25-14-29/h6-9,12-14H,4-5,10-11H2,1-3H3,(H,24,30)(H,25,29)(H2,26,27,31). The van der Waals surface area contributed by atoms with Crippen molar-refractivity contribution in [3.63, 3.8) is 0 Å². The highest BCUT2D eigenvalue weighted by Crippen LogP contribution is 2.25.